The molecule has 0 aromatic carbocycles. The molecular weight excluding hydrogens is 203 g/mol. The summed E-state index contributed by atoms with van der Waals surface area (Å²) < 4.78 is 11.7. The molecule has 0 atom stereocenters. The molecule has 0 saturated heterocycles. The van der Waals surface area contributed by atoms with Crippen LogP contribution in [0.1, 0.15) is 32.6 Å². The van der Waals surface area contributed by atoms with Crippen LogP contribution < -0.4 is 0 Å². The van der Waals surface area contributed by atoms with Crippen molar-refractivity contribution in [3.8, 4) is 0 Å². The maximum Gasteiger partial charge on any atom is 0.332 e. The van der Waals surface area contributed by atoms with Gasteiger partial charge in [-0.15, -0.1) is 0 Å². The zero-order valence-corrected chi connectivity index (χ0v) is 8.62. The zero-order chi connectivity index (χ0) is 11.8. The van der Waals surface area contributed by atoms with Crippen molar-refractivity contribution in [1.29, 1.82) is 0 Å². The smallest absolute Gasteiger partial charge is 0.332 e. The lowest BCUT2D eigenvalue weighted by atomic mass is 10.0. The zero-order valence-electron chi connectivity index (χ0n) is 8.62. The Hall–Kier alpha value is -1.39. The van der Waals surface area contributed by atoms with Crippen LogP contribution in [0.15, 0.2) is 11.1 Å². The van der Waals surface area contributed by atoms with Gasteiger partial charge in [-0.3, -0.25) is 4.39 Å². The van der Waals surface area contributed by atoms with Crippen LogP contribution in [0.2, 0.25) is 0 Å². The fraction of sp³-hybridized carbons (Fsp3) is 0.600. The van der Waals surface area contributed by atoms with Gasteiger partial charge in [0.2, 0.25) is 0 Å². The Balaban J connectivity index is 4.36. The standard InChI is InChI=1S/C10H15FO4/c1-7(9(12)13)8(10(14)15)5-3-2-4-6-11/h2-6H2,1H3,(H,12,13)(H,14,15). The van der Waals surface area contributed by atoms with Crippen LogP contribution in [0.4, 0.5) is 4.39 Å². The number of halogens is 1. The third-order valence-corrected chi connectivity index (χ3v) is 2.09. The van der Waals surface area contributed by atoms with Gasteiger partial charge in [-0.25, -0.2) is 9.59 Å². The summed E-state index contributed by atoms with van der Waals surface area (Å²) in [5.74, 6) is -2.44. The highest BCUT2D eigenvalue weighted by molar-refractivity contribution is 5.98. The van der Waals surface area contributed by atoms with Gasteiger partial charge >= 0.3 is 11.9 Å². The van der Waals surface area contributed by atoms with Gasteiger partial charge in [0.05, 0.1) is 6.67 Å². The van der Waals surface area contributed by atoms with Gasteiger partial charge in [-0.05, 0) is 26.2 Å². The fourth-order valence-corrected chi connectivity index (χ4v) is 1.16. The second-order valence-corrected chi connectivity index (χ2v) is 3.21. The lowest BCUT2D eigenvalue weighted by Crippen LogP contribution is -2.09. The summed E-state index contributed by atoms with van der Waals surface area (Å²) in [5, 5.41) is 17.4. The summed E-state index contributed by atoms with van der Waals surface area (Å²) in [4.78, 5) is 21.3. The SMILES string of the molecule is CC(C(=O)O)=C(CCCCCF)C(=O)O. The summed E-state index contributed by atoms with van der Waals surface area (Å²) in [6.07, 6.45) is 1.63. The van der Waals surface area contributed by atoms with Crippen LogP contribution >= 0.6 is 0 Å². The van der Waals surface area contributed by atoms with Gasteiger partial charge in [-0.2, -0.15) is 0 Å². The highest BCUT2D eigenvalue weighted by Crippen LogP contribution is 2.14. The van der Waals surface area contributed by atoms with Crippen LogP contribution in [-0.4, -0.2) is 28.8 Å². The number of rotatable bonds is 7. The molecule has 0 heterocycles. The molecule has 2 N–H and O–H groups in total. The van der Waals surface area contributed by atoms with Crippen molar-refractivity contribution in [2.24, 2.45) is 0 Å². The predicted octanol–water partition coefficient (Wildman–Crippen LogP) is 2.00. The van der Waals surface area contributed by atoms with Crippen molar-refractivity contribution >= 4 is 11.9 Å². The molecule has 0 amide bonds. The van der Waals surface area contributed by atoms with Crippen molar-refractivity contribution < 1.29 is 24.2 Å². The Morgan fingerprint density at radius 1 is 1.07 bits per heavy atom. The van der Waals surface area contributed by atoms with Crippen LogP contribution in [-0.2, 0) is 9.59 Å². The number of hydrogen-bond donors (Lipinski definition) is 2. The maximum absolute atomic E-state index is 11.7. The summed E-state index contributed by atoms with van der Waals surface area (Å²) in [6.45, 7) is 0.838. The number of aliphatic carboxylic acids is 2. The van der Waals surface area contributed by atoms with Gasteiger partial charge in [0.25, 0.3) is 0 Å². The van der Waals surface area contributed by atoms with Crippen molar-refractivity contribution in [2.75, 3.05) is 6.67 Å². The number of carboxylic acid groups (broad SMARTS) is 2. The lowest BCUT2D eigenvalue weighted by Gasteiger charge is -2.04. The predicted molar refractivity (Wildman–Crippen MR) is 52.4 cm³/mol. The van der Waals surface area contributed by atoms with Crippen molar-refractivity contribution in [1.82, 2.24) is 0 Å². The van der Waals surface area contributed by atoms with E-state index in [0.717, 1.165) is 0 Å². The minimum Gasteiger partial charge on any atom is -0.478 e. The molecule has 15 heavy (non-hydrogen) atoms. The molecular formula is C10H15FO4. The van der Waals surface area contributed by atoms with Crippen LogP contribution in [0.5, 0.6) is 0 Å². The van der Waals surface area contributed by atoms with Crippen LogP contribution in [0.3, 0.4) is 0 Å². The second kappa shape index (κ2) is 6.98. The third kappa shape index (κ3) is 5.15. The van der Waals surface area contributed by atoms with E-state index < -0.39 is 18.6 Å². The molecule has 5 heteroatoms. The molecule has 0 aliphatic heterocycles. The van der Waals surface area contributed by atoms with Gasteiger partial charge in [-0.1, -0.05) is 6.42 Å². The minimum atomic E-state index is -1.22. The molecule has 0 rings (SSSR count). The Morgan fingerprint density at radius 2 is 1.67 bits per heavy atom. The van der Waals surface area contributed by atoms with Crippen molar-refractivity contribution in [3.63, 3.8) is 0 Å². The first kappa shape index (κ1) is 13.6. The molecule has 0 spiro atoms. The highest BCUT2D eigenvalue weighted by Gasteiger charge is 2.15. The molecule has 0 saturated carbocycles. The first-order valence-corrected chi connectivity index (χ1v) is 4.73. The first-order chi connectivity index (χ1) is 7.00. The molecule has 0 radical (unpaired) electrons. The molecule has 4 nitrogen and oxygen atoms in total. The van der Waals surface area contributed by atoms with Crippen LogP contribution in [0, 0.1) is 0 Å². The van der Waals surface area contributed by atoms with Crippen molar-refractivity contribution in [2.45, 2.75) is 32.6 Å². The molecule has 0 aromatic rings. The van der Waals surface area contributed by atoms with E-state index in [-0.39, 0.29) is 17.6 Å². The summed E-state index contributed by atoms with van der Waals surface area (Å²) in [6, 6.07) is 0. The average molecular weight is 218 g/mol. The Kier molecular flexibility index (Phi) is 6.33. The number of alkyl halides is 1. The van der Waals surface area contributed by atoms with E-state index in [4.69, 9.17) is 10.2 Å². The van der Waals surface area contributed by atoms with E-state index in [2.05, 4.69) is 0 Å². The summed E-state index contributed by atoms with van der Waals surface area (Å²) in [5.41, 5.74) is -0.246. The lowest BCUT2D eigenvalue weighted by molar-refractivity contribution is -0.136. The van der Waals surface area contributed by atoms with Gasteiger partial charge in [0.1, 0.15) is 0 Å². The molecule has 0 aliphatic rings. The van der Waals surface area contributed by atoms with Crippen LogP contribution in [0.25, 0.3) is 0 Å². The van der Waals surface area contributed by atoms with E-state index >= 15 is 0 Å². The Labute approximate surface area is 87.4 Å². The van der Waals surface area contributed by atoms with E-state index in [9.17, 15) is 14.0 Å². The van der Waals surface area contributed by atoms with Gasteiger partial charge < -0.3 is 10.2 Å². The van der Waals surface area contributed by atoms with E-state index in [1.54, 1.807) is 0 Å². The number of carbonyl (C=O) groups is 2. The van der Waals surface area contributed by atoms with E-state index in [1.165, 1.54) is 6.92 Å². The van der Waals surface area contributed by atoms with Gasteiger partial charge in [0, 0.05) is 11.1 Å². The van der Waals surface area contributed by atoms with Crippen molar-refractivity contribution in [3.05, 3.63) is 11.1 Å². The molecule has 0 fully saturated rings. The fourth-order valence-electron chi connectivity index (χ4n) is 1.16. The minimum absolute atomic E-state index is 0.0960. The quantitative estimate of drug-likeness (QED) is 0.506. The van der Waals surface area contributed by atoms with E-state index in [0.29, 0.717) is 19.3 Å². The largest absolute Gasteiger partial charge is 0.478 e. The van der Waals surface area contributed by atoms with Gasteiger partial charge in [0.15, 0.2) is 0 Å². The molecule has 0 unspecified atom stereocenters. The molecule has 0 bridgehead atoms. The number of unbranched alkanes of at least 4 members (excludes halogenated alkanes) is 2. The first-order valence-electron chi connectivity index (χ1n) is 4.73. The average Bonchev–Trinajstić information content (AvgIpc) is 2.16. The summed E-state index contributed by atoms with van der Waals surface area (Å²) >= 11 is 0. The highest BCUT2D eigenvalue weighted by atomic mass is 19.1. The Morgan fingerprint density at radius 3 is 2.07 bits per heavy atom. The second-order valence-electron chi connectivity index (χ2n) is 3.21. The molecule has 0 aromatic heterocycles. The van der Waals surface area contributed by atoms with E-state index in [1.807, 2.05) is 0 Å². The third-order valence-electron chi connectivity index (χ3n) is 2.09. The number of carboxylic acids is 2. The number of hydrogen-bond acceptors (Lipinski definition) is 2. The maximum atomic E-state index is 11.7. The topological polar surface area (TPSA) is 74.6 Å². The molecule has 86 valence electrons. The monoisotopic (exact) mass is 218 g/mol. The Bertz CT molecular complexity index is 271. The normalized spacial score (nSPS) is 12.1. The summed E-state index contributed by atoms with van der Waals surface area (Å²) in [7, 11) is 0. The molecule has 0 aliphatic carbocycles.